The molecule has 3 rings (SSSR count). The Morgan fingerprint density at radius 1 is 1.46 bits per heavy atom. The van der Waals surface area contributed by atoms with Crippen LogP contribution in [-0.4, -0.2) is 41.3 Å². The summed E-state index contributed by atoms with van der Waals surface area (Å²) in [6.07, 6.45) is -5.24. The third-order valence-corrected chi connectivity index (χ3v) is 5.03. The van der Waals surface area contributed by atoms with Gasteiger partial charge in [-0.1, -0.05) is 17.7 Å². The van der Waals surface area contributed by atoms with Crippen molar-refractivity contribution in [3.63, 3.8) is 0 Å². The summed E-state index contributed by atoms with van der Waals surface area (Å²) in [7, 11) is 0. The van der Waals surface area contributed by atoms with Crippen molar-refractivity contribution in [2.45, 2.75) is 43.7 Å². The van der Waals surface area contributed by atoms with Crippen molar-refractivity contribution >= 4 is 17.5 Å². The zero-order valence-corrected chi connectivity index (χ0v) is 13.7. The highest BCUT2D eigenvalue weighted by molar-refractivity contribution is 6.30. The summed E-state index contributed by atoms with van der Waals surface area (Å²) >= 11 is 6.05. The number of aliphatic hydroxyl groups excluding tert-OH is 1. The molecule has 4 nitrogen and oxygen atoms in total. The second kappa shape index (κ2) is 5.89. The van der Waals surface area contributed by atoms with Gasteiger partial charge in [-0.3, -0.25) is 4.79 Å². The van der Waals surface area contributed by atoms with Crippen LogP contribution >= 0.6 is 11.6 Å². The fourth-order valence-corrected chi connectivity index (χ4v) is 3.84. The number of halogens is 4. The van der Waals surface area contributed by atoms with Crippen LogP contribution in [0, 0.1) is 0 Å². The van der Waals surface area contributed by atoms with E-state index in [0.29, 0.717) is 16.1 Å². The van der Waals surface area contributed by atoms with E-state index >= 15 is 0 Å². The number of carbonyl (C=O) groups excluding carboxylic acids is 1. The van der Waals surface area contributed by atoms with Gasteiger partial charge in [-0.2, -0.15) is 13.2 Å². The molecule has 24 heavy (non-hydrogen) atoms. The Labute approximate surface area is 142 Å². The largest absolute Gasteiger partial charge is 0.471 e. The van der Waals surface area contributed by atoms with Crippen LogP contribution in [0.2, 0.25) is 5.02 Å². The Hall–Kier alpha value is -1.31. The minimum atomic E-state index is -4.89. The molecule has 1 amide bonds. The predicted molar refractivity (Wildman–Crippen MR) is 80.5 cm³/mol. The number of likely N-dealkylation sites (tertiary alicyclic amines) is 1. The molecule has 0 unspecified atom stereocenters. The van der Waals surface area contributed by atoms with Crippen LogP contribution in [0.5, 0.6) is 0 Å². The Bertz CT molecular complexity index is 666. The maximum absolute atomic E-state index is 12.7. The molecule has 1 N–H and O–H groups in total. The number of ether oxygens (including phenoxy) is 1. The molecule has 0 saturated carbocycles. The summed E-state index contributed by atoms with van der Waals surface area (Å²) in [6.45, 7) is 1.57. The van der Waals surface area contributed by atoms with Crippen molar-refractivity contribution in [1.29, 1.82) is 0 Å². The summed E-state index contributed by atoms with van der Waals surface area (Å²) < 4.78 is 44.0. The number of benzene rings is 1. The number of amides is 1. The van der Waals surface area contributed by atoms with Crippen LogP contribution in [-0.2, 0) is 15.1 Å². The van der Waals surface area contributed by atoms with Crippen LogP contribution in [0.4, 0.5) is 13.2 Å². The van der Waals surface area contributed by atoms with E-state index in [1.54, 1.807) is 25.1 Å². The minimum Gasteiger partial charge on any atom is -0.386 e. The van der Waals surface area contributed by atoms with Crippen molar-refractivity contribution in [2.75, 3.05) is 13.2 Å². The van der Waals surface area contributed by atoms with Gasteiger partial charge in [0.15, 0.2) is 0 Å². The van der Waals surface area contributed by atoms with Crippen LogP contribution in [0.1, 0.15) is 37.0 Å². The van der Waals surface area contributed by atoms with E-state index in [0.717, 1.165) is 4.90 Å². The highest BCUT2D eigenvalue weighted by atomic mass is 35.5. The average Bonchev–Trinajstić information content (AvgIpc) is 2.50. The molecule has 1 aromatic carbocycles. The van der Waals surface area contributed by atoms with Crippen molar-refractivity contribution in [3.8, 4) is 0 Å². The van der Waals surface area contributed by atoms with Gasteiger partial charge in [-0.15, -0.1) is 0 Å². The highest BCUT2D eigenvalue weighted by Gasteiger charge is 2.50. The van der Waals surface area contributed by atoms with Gasteiger partial charge < -0.3 is 14.7 Å². The van der Waals surface area contributed by atoms with Crippen LogP contribution in [0.3, 0.4) is 0 Å². The van der Waals surface area contributed by atoms with Gasteiger partial charge in [-0.05, 0) is 36.6 Å². The number of fused-ring (bicyclic) bond motifs is 2. The summed E-state index contributed by atoms with van der Waals surface area (Å²) in [6, 6.07) is 4.42. The van der Waals surface area contributed by atoms with Crippen molar-refractivity contribution in [3.05, 3.63) is 34.3 Å². The Balaban J connectivity index is 1.92. The molecule has 8 heteroatoms. The fraction of sp³-hybridized carbons (Fsp3) is 0.562. The second-order valence-electron chi connectivity index (χ2n) is 6.35. The lowest BCUT2D eigenvalue weighted by molar-refractivity contribution is -0.196. The lowest BCUT2D eigenvalue weighted by Gasteiger charge is -2.48. The first-order valence-electron chi connectivity index (χ1n) is 7.64. The predicted octanol–water partition coefficient (Wildman–Crippen LogP) is 3.17. The molecule has 0 radical (unpaired) electrons. The molecule has 132 valence electrons. The van der Waals surface area contributed by atoms with Crippen molar-refractivity contribution < 1.29 is 27.8 Å². The number of carbonyl (C=O) groups is 1. The smallest absolute Gasteiger partial charge is 0.386 e. The normalized spacial score (nSPS) is 30.3. The van der Waals surface area contributed by atoms with E-state index in [-0.39, 0.29) is 26.0 Å². The van der Waals surface area contributed by atoms with E-state index in [1.165, 1.54) is 0 Å². The molecule has 1 aromatic rings. The number of piperidine rings is 1. The summed E-state index contributed by atoms with van der Waals surface area (Å²) in [5, 5.41) is 10.6. The maximum atomic E-state index is 12.7. The topological polar surface area (TPSA) is 49.8 Å². The van der Waals surface area contributed by atoms with E-state index in [2.05, 4.69) is 0 Å². The quantitative estimate of drug-likeness (QED) is 0.770. The van der Waals surface area contributed by atoms with Crippen molar-refractivity contribution in [2.24, 2.45) is 0 Å². The highest BCUT2D eigenvalue weighted by Crippen LogP contribution is 2.46. The number of rotatable bonds is 0. The molecular formula is C16H17ClF3NO3. The molecule has 0 aromatic heterocycles. The number of alkyl halides is 3. The Kier molecular flexibility index (Phi) is 4.30. The Morgan fingerprint density at radius 2 is 2.17 bits per heavy atom. The first kappa shape index (κ1) is 17.5. The lowest BCUT2D eigenvalue weighted by Crippen LogP contribution is -2.55. The number of nitrogens with zero attached hydrogens (tertiary/aromatic N) is 1. The van der Waals surface area contributed by atoms with Crippen LogP contribution < -0.4 is 0 Å². The molecule has 2 aliphatic heterocycles. The lowest BCUT2D eigenvalue weighted by atomic mass is 9.76. The second-order valence-corrected chi connectivity index (χ2v) is 6.79. The SMILES string of the molecule is C[C@H]1C[C@@]2(CCN1C(=O)C(F)(F)F)OC[C@@H](O)c1ccc(Cl)cc12. The van der Waals surface area contributed by atoms with Gasteiger partial charge in [0.05, 0.1) is 12.2 Å². The first-order valence-corrected chi connectivity index (χ1v) is 8.01. The molecule has 1 saturated heterocycles. The molecule has 0 aliphatic carbocycles. The molecule has 1 spiro atoms. The summed E-state index contributed by atoms with van der Waals surface area (Å²) in [5.41, 5.74) is 0.537. The van der Waals surface area contributed by atoms with E-state index in [9.17, 15) is 23.1 Å². The maximum Gasteiger partial charge on any atom is 0.471 e. The molecule has 2 aliphatic rings. The monoisotopic (exact) mass is 363 g/mol. The van der Waals surface area contributed by atoms with Crippen molar-refractivity contribution in [1.82, 2.24) is 4.90 Å². The molecular weight excluding hydrogens is 347 g/mol. The number of hydrogen-bond donors (Lipinski definition) is 1. The molecule has 1 fully saturated rings. The van der Waals surface area contributed by atoms with Crippen LogP contribution in [0.15, 0.2) is 18.2 Å². The minimum absolute atomic E-state index is 0.0641. The van der Waals surface area contributed by atoms with Gasteiger partial charge in [-0.25, -0.2) is 0 Å². The summed E-state index contributed by atoms with van der Waals surface area (Å²) in [4.78, 5) is 12.4. The van der Waals surface area contributed by atoms with Gasteiger partial charge >= 0.3 is 12.1 Å². The van der Waals surface area contributed by atoms with Gasteiger partial charge in [0, 0.05) is 24.0 Å². The fourth-order valence-electron chi connectivity index (χ4n) is 3.67. The van der Waals surface area contributed by atoms with E-state index in [1.807, 2.05) is 0 Å². The van der Waals surface area contributed by atoms with Gasteiger partial charge in [0.25, 0.3) is 0 Å². The summed E-state index contributed by atoms with van der Waals surface area (Å²) in [5.74, 6) is -1.83. The van der Waals surface area contributed by atoms with E-state index in [4.69, 9.17) is 16.3 Å². The molecule has 0 bridgehead atoms. The Morgan fingerprint density at radius 3 is 2.79 bits per heavy atom. The zero-order valence-electron chi connectivity index (χ0n) is 12.9. The van der Waals surface area contributed by atoms with Crippen LogP contribution in [0.25, 0.3) is 0 Å². The number of hydrogen-bond acceptors (Lipinski definition) is 3. The number of aliphatic hydroxyl groups is 1. The van der Waals surface area contributed by atoms with E-state index < -0.39 is 29.8 Å². The third kappa shape index (κ3) is 2.89. The molecule has 3 atom stereocenters. The average molecular weight is 364 g/mol. The first-order chi connectivity index (χ1) is 11.1. The third-order valence-electron chi connectivity index (χ3n) is 4.80. The molecule has 2 heterocycles. The zero-order chi connectivity index (χ0) is 17.7. The van der Waals surface area contributed by atoms with Gasteiger partial charge in [0.1, 0.15) is 6.10 Å². The van der Waals surface area contributed by atoms with Gasteiger partial charge in [0.2, 0.25) is 0 Å². The standard InChI is InChI=1S/C16H17ClF3NO3/c1-9-7-15(4-5-21(9)14(23)16(18,19)20)12-6-10(17)2-3-11(12)13(22)8-24-15/h2-3,6,9,13,22H,4-5,7-8H2,1H3/t9-,13+,15+/m0/s1.